The number of rotatable bonds is 6. The lowest BCUT2D eigenvalue weighted by Crippen LogP contribution is -2.11. The lowest BCUT2D eigenvalue weighted by atomic mass is 9.95. The second-order valence-electron chi connectivity index (χ2n) is 12.0. The highest BCUT2D eigenvalue weighted by molar-refractivity contribution is 6.19. The van der Waals surface area contributed by atoms with Gasteiger partial charge in [-0.3, -0.25) is 4.98 Å². The van der Waals surface area contributed by atoms with Crippen LogP contribution in [0.5, 0.6) is 0 Å². The maximum absolute atomic E-state index is 6.19. The van der Waals surface area contributed by atoms with Crippen LogP contribution < -0.4 is 4.90 Å². The molecule has 0 saturated heterocycles. The highest BCUT2D eigenvalue weighted by atomic mass is 16.3. The van der Waals surface area contributed by atoms with Gasteiger partial charge in [-0.2, -0.15) is 0 Å². The summed E-state index contributed by atoms with van der Waals surface area (Å²) in [6.07, 6.45) is 3.68. The minimum atomic E-state index is 0.850. The SMILES string of the molecule is c1ccc(-c2ccc(N(c3ccc4c(ccc5oc6ccncc6c54)c3)c3ccc(-c4ccccc4)cc3-c3ccccc3)cc2)cc1. The number of aromatic nitrogens is 1. The smallest absolute Gasteiger partial charge is 0.138 e. The van der Waals surface area contributed by atoms with Crippen molar-refractivity contribution in [3.63, 3.8) is 0 Å². The van der Waals surface area contributed by atoms with Gasteiger partial charge in [0.15, 0.2) is 0 Å². The molecule has 0 bridgehead atoms. The first-order chi connectivity index (χ1) is 23.8. The van der Waals surface area contributed by atoms with Gasteiger partial charge in [-0.05, 0) is 87.1 Å². The standard InChI is InChI=1S/C45H30N2O/c1-4-10-31(11-5-1)33-16-20-37(21-17-33)47(38-22-23-39-36(28-38)19-25-44-45(39)41-30-46-27-26-43(41)48-44)42-24-18-35(32-12-6-2-7-13-32)29-40(42)34-14-8-3-9-15-34/h1-30H. The summed E-state index contributed by atoms with van der Waals surface area (Å²) in [5.41, 5.74) is 12.1. The number of furan rings is 1. The number of hydrogen-bond acceptors (Lipinski definition) is 3. The van der Waals surface area contributed by atoms with Crippen LogP contribution in [0, 0.1) is 0 Å². The molecule has 3 heteroatoms. The van der Waals surface area contributed by atoms with E-state index in [1.807, 2.05) is 12.3 Å². The van der Waals surface area contributed by atoms with Gasteiger partial charge in [0, 0.05) is 40.1 Å². The van der Waals surface area contributed by atoms with Crippen LogP contribution in [0.3, 0.4) is 0 Å². The number of pyridine rings is 1. The molecule has 0 radical (unpaired) electrons. The molecule has 0 aliphatic carbocycles. The molecule has 0 saturated carbocycles. The van der Waals surface area contributed by atoms with E-state index in [1.165, 1.54) is 22.3 Å². The van der Waals surface area contributed by atoms with Gasteiger partial charge in [0.25, 0.3) is 0 Å². The number of fused-ring (bicyclic) bond motifs is 5. The van der Waals surface area contributed by atoms with E-state index in [9.17, 15) is 0 Å². The van der Waals surface area contributed by atoms with Gasteiger partial charge in [0.05, 0.1) is 5.69 Å². The molecule has 0 amide bonds. The quantitative estimate of drug-likeness (QED) is 0.187. The molecule has 3 nitrogen and oxygen atoms in total. The van der Waals surface area contributed by atoms with E-state index in [-0.39, 0.29) is 0 Å². The van der Waals surface area contributed by atoms with Gasteiger partial charge in [0.1, 0.15) is 11.2 Å². The van der Waals surface area contributed by atoms with Gasteiger partial charge >= 0.3 is 0 Å². The van der Waals surface area contributed by atoms with Crippen LogP contribution in [0.15, 0.2) is 187 Å². The molecule has 2 aromatic heterocycles. The lowest BCUT2D eigenvalue weighted by Gasteiger charge is -2.29. The summed E-state index contributed by atoms with van der Waals surface area (Å²) in [7, 11) is 0. The van der Waals surface area contributed by atoms with E-state index in [4.69, 9.17) is 4.42 Å². The van der Waals surface area contributed by atoms with Gasteiger partial charge < -0.3 is 9.32 Å². The first kappa shape index (κ1) is 27.8. The molecule has 48 heavy (non-hydrogen) atoms. The zero-order valence-corrected chi connectivity index (χ0v) is 26.1. The molecule has 7 aromatic carbocycles. The molecule has 226 valence electrons. The first-order valence-electron chi connectivity index (χ1n) is 16.2. The Hall–Kier alpha value is -6.45. The summed E-state index contributed by atoms with van der Waals surface area (Å²) < 4.78 is 6.19. The number of benzene rings is 7. The first-order valence-corrected chi connectivity index (χ1v) is 16.2. The highest BCUT2D eigenvalue weighted by Crippen LogP contribution is 2.44. The summed E-state index contributed by atoms with van der Waals surface area (Å²) in [5.74, 6) is 0. The molecule has 0 fully saturated rings. The third kappa shape index (κ3) is 4.90. The van der Waals surface area contributed by atoms with Crippen molar-refractivity contribution in [2.75, 3.05) is 4.90 Å². The Labute approximate surface area is 279 Å². The largest absolute Gasteiger partial charge is 0.456 e. The average Bonchev–Trinajstić information content (AvgIpc) is 3.56. The topological polar surface area (TPSA) is 29.3 Å². The fraction of sp³-hybridized carbons (Fsp3) is 0. The fourth-order valence-corrected chi connectivity index (χ4v) is 6.83. The van der Waals surface area contributed by atoms with E-state index in [0.29, 0.717) is 0 Å². The normalized spacial score (nSPS) is 11.3. The predicted molar refractivity (Wildman–Crippen MR) is 200 cm³/mol. The van der Waals surface area contributed by atoms with Gasteiger partial charge in [-0.25, -0.2) is 0 Å². The van der Waals surface area contributed by atoms with Gasteiger partial charge in [-0.1, -0.05) is 121 Å². The Balaban J connectivity index is 1.26. The minimum Gasteiger partial charge on any atom is -0.456 e. The van der Waals surface area contributed by atoms with Crippen LogP contribution in [0.4, 0.5) is 17.1 Å². The zero-order valence-electron chi connectivity index (χ0n) is 26.1. The number of hydrogen-bond donors (Lipinski definition) is 0. The Morgan fingerprint density at radius 1 is 0.438 bits per heavy atom. The maximum atomic E-state index is 6.19. The zero-order chi connectivity index (χ0) is 31.9. The molecule has 0 spiro atoms. The van der Waals surface area contributed by atoms with Crippen molar-refractivity contribution < 1.29 is 4.42 Å². The van der Waals surface area contributed by atoms with Crippen molar-refractivity contribution >= 4 is 49.8 Å². The van der Waals surface area contributed by atoms with Crippen molar-refractivity contribution in [2.24, 2.45) is 0 Å². The Kier molecular flexibility index (Phi) is 6.80. The molecular formula is C45H30N2O. The average molecular weight is 615 g/mol. The molecule has 9 aromatic rings. The Bertz CT molecular complexity index is 2540. The number of anilines is 3. The van der Waals surface area contributed by atoms with Gasteiger partial charge in [0.2, 0.25) is 0 Å². The molecule has 0 aliphatic heterocycles. The summed E-state index contributed by atoms with van der Waals surface area (Å²) in [5, 5.41) is 4.41. The van der Waals surface area contributed by atoms with Gasteiger partial charge in [-0.15, -0.1) is 0 Å². The van der Waals surface area contributed by atoms with Crippen molar-refractivity contribution in [2.45, 2.75) is 0 Å². The summed E-state index contributed by atoms with van der Waals surface area (Å²) >= 11 is 0. The molecule has 9 rings (SSSR count). The van der Waals surface area contributed by atoms with E-state index in [1.54, 1.807) is 6.20 Å². The highest BCUT2D eigenvalue weighted by Gasteiger charge is 2.20. The van der Waals surface area contributed by atoms with E-state index >= 15 is 0 Å². The Morgan fingerprint density at radius 2 is 1.06 bits per heavy atom. The van der Waals surface area contributed by atoms with Crippen LogP contribution in [-0.2, 0) is 0 Å². The monoisotopic (exact) mass is 614 g/mol. The second kappa shape index (κ2) is 11.7. The van der Waals surface area contributed by atoms with Crippen molar-refractivity contribution in [1.29, 1.82) is 0 Å². The van der Waals surface area contributed by atoms with Crippen LogP contribution in [-0.4, -0.2) is 4.98 Å². The molecule has 2 heterocycles. The molecule has 0 unspecified atom stereocenters. The summed E-state index contributed by atoms with van der Waals surface area (Å²) in [4.78, 5) is 6.77. The molecular weight excluding hydrogens is 585 g/mol. The van der Waals surface area contributed by atoms with E-state index in [2.05, 4.69) is 174 Å². The van der Waals surface area contributed by atoms with Crippen molar-refractivity contribution in [1.82, 2.24) is 4.98 Å². The van der Waals surface area contributed by atoms with Crippen LogP contribution in [0.1, 0.15) is 0 Å². The van der Waals surface area contributed by atoms with Crippen molar-refractivity contribution in [3.8, 4) is 33.4 Å². The molecule has 0 aliphatic rings. The summed E-state index contributed by atoms with van der Waals surface area (Å²) in [6, 6.07) is 60.4. The number of nitrogens with zero attached hydrogens (tertiary/aromatic N) is 2. The van der Waals surface area contributed by atoms with Crippen LogP contribution in [0.25, 0.3) is 66.1 Å². The van der Waals surface area contributed by atoms with E-state index in [0.717, 1.165) is 60.9 Å². The minimum absolute atomic E-state index is 0.850. The predicted octanol–water partition coefficient (Wildman–Crippen LogP) is 12.6. The Morgan fingerprint density at radius 3 is 1.79 bits per heavy atom. The molecule has 0 atom stereocenters. The fourth-order valence-electron chi connectivity index (χ4n) is 6.83. The summed E-state index contributed by atoms with van der Waals surface area (Å²) in [6.45, 7) is 0. The van der Waals surface area contributed by atoms with Crippen molar-refractivity contribution in [3.05, 3.63) is 182 Å². The van der Waals surface area contributed by atoms with E-state index < -0.39 is 0 Å². The third-order valence-corrected chi connectivity index (χ3v) is 9.16. The maximum Gasteiger partial charge on any atom is 0.138 e. The van der Waals surface area contributed by atoms with Crippen LogP contribution >= 0.6 is 0 Å². The second-order valence-corrected chi connectivity index (χ2v) is 12.0. The third-order valence-electron chi connectivity index (χ3n) is 9.16. The van der Waals surface area contributed by atoms with Crippen LogP contribution in [0.2, 0.25) is 0 Å². The lowest BCUT2D eigenvalue weighted by molar-refractivity contribution is 0.668. The molecule has 0 N–H and O–H groups in total.